The molecule has 0 radical (unpaired) electrons. The molecule has 1 aliphatic carbocycles. The maximum absolute atomic E-state index is 12.2. The lowest BCUT2D eigenvalue weighted by Gasteiger charge is -2.17. The quantitative estimate of drug-likeness (QED) is 0.531. The van der Waals surface area contributed by atoms with E-state index in [-0.39, 0.29) is 5.78 Å². The number of carbonyl (C=O) groups excluding carboxylic acids is 1. The predicted molar refractivity (Wildman–Crippen MR) is 110 cm³/mol. The molecule has 0 aliphatic heterocycles. The van der Waals surface area contributed by atoms with Gasteiger partial charge >= 0.3 is 0 Å². The van der Waals surface area contributed by atoms with Gasteiger partial charge in [-0.2, -0.15) is 0 Å². The molecular formula is C23H24OP+. The van der Waals surface area contributed by atoms with Crippen molar-refractivity contribution in [2.75, 3.05) is 0 Å². The first-order valence-electron chi connectivity index (χ1n) is 8.88. The molecule has 0 saturated heterocycles. The molecule has 0 saturated carbocycles. The Balaban J connectivity index is 2.07. The van der Waals surface area contributed by atoms with Crippen LogP contribution in [0.2, 0.25) is 0 Å². The molecule has 3 rings (SSSR count). The van der Waals surface area contributed by atoms with Crippen molar-refractivity contribution in [3.8, 4) is 0 Å². The number of allylic oxidation sites excluding steroid dienone is 6. The fraction of sp³-hybridized carbons (Fsp3) is 0.174. The molecule has 25 heavy (non-hydrogen) atoms. The van der Waals surface area contributed by atoms with Crippen molar-refractivity contribution in [3.05, 3.63) is 95.9 Å². The van der Waals surface area contributed by atoms with Gasteiger partial charge in [0.05, 0.1) is 7.92 Å². The van der Waals surface area contributed by atoms with E-state index in [0.29, 0.717) is 6.42 Å². The van der Waals surface area contributed by atoms with Crippen molar-refractivity contribution in [1.29, 1.82) is 0 Å². The van der Waals surface area contributed by atoms with E-state index in [1.165, 1.54) is 21.5 Å². The van der Waals surface area contributed by atoms with E-state index >= 15 is 0 Å². The summed E-state index contributed by atoms with van der Waals surface area (Å²) in [5.41, 5.74) is 1.18. The van der Waals surface area contributed by atoms with Crippen LogP contribution in [0.5, 0.6) is 0 Å². The lowest BCUT2D eigenvalue weighted by Crippen LogP contribution is -2.14. The number of benzene rings is 2. The second-order valence-electron chi connectivity index (χ2n) is 6.21. The Kier molecular flexibility index (Phi) is 6.14. The summed E-state index contributed by atoms with van der Waals surface area (Å²) in [7, 11) is -1.12. The van der Waals surface area contributed by atoms with E-state index in [1.807, 2.05) is 6.08 Å². The Bertz CT molecular complexity index is 761. The Morgan fingerprint density at radius 1 is 1.00 bits per heavy atom. The predicted octanol–water partition coefficient (Wildman–Crippen LogP) is 4.99. The summed E-state index contributed by atoms with van der Waals surface area (Å²) in [6.45, 7) is 2.05. The van der Waals surface area contributed by atoms with Crippen LogP contribution in [0.3, 0.4) is 0 Å². The minimum absolute atomic E-state index is 0.237. The Morgan fingerprint density at radius 3 is 2.16 bits per heavy atom. The highest BCUT2D eigenvalue weighted by molar-refractivity contribution is 7.77. The molecule has 0 bridgehead atoms. The zero-order chi connectivity index (χ0) is 17.5. The van der Waals surface area contributed by atoms with Crippen molar-refractivity contribution in [2.24, 2.45) is 0 Å². The van der Waals surface area contributed by atoms with Crippen LogP contribution in [-0.2, 0) is 4.79 Å². The summed E-state index contributed by atoms with van der Waals surface area (Å²) in [5.74, 6) is 0.237. The largest absolute Gasteiger partial charge is 0.295 e. The third-order valence-electron chi connectivity index (χ3n) is 4.31. The van der Waals surface area contributed by atoms with E-state index in [1.54, 1.807) is 0 Å². The van der Waals surface area contributed by atoms with Gasteiger partial charge in [-0.25, -0.2) is 0 Å². The maximum atomic E-state index is 12.2. The molecule has 0 amide bonds. The monoisotopic (exact) mass is 347 g/mol. The second-order valence-corrected chi connectivity index (χ2v) is 8.65. The Hall–Kier alpha value is -2.24. The molecule has 2 aromatic rings. The van der Waals surface area contributed by atoms with Gasteiger partial charge in [0.15, 0.2) is 5.78 Å². The normalized spacial score (nSPS) is 15.4. The first-order chi connectivity index (χ1) is 12.3. The van der Waals surface area contributed by atoms with Crippen LogP contribution in [0.15, 0.2) is 95.9 Å². The molecule has 0 spiro atoms. The molecular weight excluding hydrogens is 323 g/mol. The van der Waals surface area contributed by atoms with E-state index in [9.17, 15) is 4.79 Å². The summed E-state index contributed by atoms with van der Waals surface area (Å²) >= 11 is 0. The zero-order valence-corrected chi connectivity index (χ0v) is 15.6. The van der Waals surface area contributed by atoms with Gasteiger partial charge in [0, 0.05) is 12.0 Å². The van der Waals surface area contributed by atoms with Crippen molar-refractivity contribution in [2.45, 2.75) is 26.2 Å². The molecule has 0 atom stereocenters. The summed E-state index contributed by atoms with van der Waals surface area (Å²) in [4.78, 5) is 12.2. The van der Waals surface area contributed by atoms with Crippen LogP contribution >= 0.6 is 7.92 Å². The highest BCUT2D eigenvalue weighted by Crippen LogP contribution is 2.48. The number of carbonyl (C=O) groups is 1. The summed E-state index contributed by atoms with van der Waals surface area (Å²) in [6.07, 6.45) is 10.7. The van der Waals surface area contributed by atoms with Gasteiger partial charge < -0.3 is 0 Å². The molecule has 0 unspecified atom stereocenters. The van der Waals surface area contributed by atoms with Crippen LogP contribution in [-0.4, -0.2) is 5.78 Å². The van der Waals surface area contributed by atoms with E-state index < -0.39 is 7.92 Å². The first kappa shape index (κ1) is 17.6. The van der Waals surface area contributed by atoms with Crippen molar-refractivity contribution >= 4 is 24.3 Å². The van der Waals surface area contributed by atoms with Crippen LogP contribution in [0, 0.1) is 0 Å². The fourth-order valence-corrected chi connectivity index (χ4v) is 5.92. The molecule has 0 heterocycles. The molecule has 0 N–H and O–H groups in total. The van der Waals surface area contributed by atoms with Gasteiger partial charge in [-0.3, -0.25) is 4.79 Å². The van der Waals surface area contributed by atoms with E-state index in [4.69, 9.17) is 0 Å². The smallest absolute Gasteiger partial charge is 0.156 e. The van der Waals surface area contributed by atoms with Gasteiger partial charge in [0.2, 0.25) is 0 Å². The topological polar surface area (TPSA) is 17.1 Å². The number of rotatable bonds is 6. The van der Waals surface area contributed by atoms with Crippen LogP contribution in [0.25, 0.3) is 0 Å². The van der Waals surface area contributed by atoms with Crippen LogP contribution in [0.1, 0.15) is 26.2 Å². The van der Waals surface area contributed by atoms with Crippen LogP contribution in [0.4, 0.5) is 0 Å². The van der Waals surface area contributed by atoms with Crippen molar-refractivity contribution < 1.29 is 4.79 Å². The standard InChI is InChI=1S/C23H23OP/c1-2-11-20(24)18-19-12-9-10-17-23(19)25(21-13-5-3-6-14-21)22-15-7-4-8-16-22/h3-10,13-18H,2,11-12H2,1H3/p+1. The van der Waals surface area contributed by atoms with E-state index in [0.717, 1.165) is 12.8 Å². The maximum Gasteiger partial charge on any atom is 0.156 e. The molecule has 0 aromatic heterocycles. The third-order valence-corrected chi connectivity index (χ3v) is 7.16. The SMILES string of the molecule is CCCC(=O)C=C1CC=CC=C1[PH+](c1ccccc1)c1ccccc1. The summed E-state index contributed by atoms with van der Waals surface area (Å²) in [6, 6.07) is 21.4. The van der Waals surface area contributed by atoms with Crippen molar-refractivity contribution in [3.63, 3.8) is 0 Å². The lowest BCUT2D eigenvalue weighted by molar-refractivity contribution is -0.114. The zero-order valence-electron chi connectivity index (χ0n) is 14.6. The van der Waals surface area contributed by atoms with Gasteiger partial charge in [0.1, 0.15) is 15.9 Å². The van der Waals surface area contributed by atoms with Gasteiger partial charge in [-0.05, 0) is 49.3 Å². The highest BCUT2D eigenvalue weighted by atomic mass is 31.1. The van der Waals surface area contributed by atoms with Gasteiger partial charge in [-0.1, -0.05) is 55.5 Å². The van der Waals surface area contributed by atoms with Gasteiger partial charge in [0.25, 0.3) is 0 Å². The number of hydrogen-bond acceptors (Lipinski definition) is 1. The Morgan fingerprint density at radius 2 is 1.60 bits per heavy atom. The fourth-order valence-electron chi connectivity index (χ4n) is 3.16. The lowest BCUT2D eigenvalue weighted by atomic mass is 10.0. The van der Waals surface area contributed by atoms with Crippen LogP contribution < -0.4 is 10.6 Å². The first-order valence-corrected chi connectivity index (χ1v) is 10.4. The molecule has 1 aliphatic rings. The highest BCUT2D eigenvalue weighted by Gasteiger charge is 2.30. The molecule has 1 nitrogen and oxygen atoms in total. The Labute approximate surface area is 151 Å². The molecule has 2 aromatic carbocycles. The minimum atomic E-state index is -1.12. The molecule has 2 heteroatoms. The average Bonchev–Trinajstić information content (AvgIpc) is 2.65. The molecule has 126 valence electrons. The molecule has 0 fully saturated rings. The number of hydrogen-bond donors (Lipinski definition) is 0. The average molecular weight is 347 g/mol. The minimum Gasteiger partial charge on any atom is -0.295 e. The summed E-state index contributed by atoms with van der Waals surface area (Å²) in [5, 5.41) is 4.04. The van der Waals surface area contributed by atoms with E-state index in [2.05, 4.69) is 85.8 Å². The number of ketones is 1. The third kappa shape index (κ3) is 4.44. The van der Waals surface area contributed by atoms with Gasteiger partial charge in [-0.15, -0.1) is 0 Å². The summed E-state index contributed by atoms with van der Waals surface area (Å²) < 4.78 is 0. The second kappa shape index (κ2) is 8.74. The van der Waals surface area contributed by atoms with Crippen molar-refractivity contribution in [1.82, 2.24) is 0 Å².